The summed E-state index contributed by atoms with van der Waals surface area (Å²) < 4.78 is 13.0. The lowest BCUT2D eigenvalue weighted by atomic mass is 10.1. The number of nitrogens with one attached hydrogen (secondary N) is 1. The van der Waals surface area contributed by atoms with Gasteiger partial charge in [0.1, 0.15) is 5.82 Å². The van der Waals surface area contributed by atoms with Crippen LogP contribution in [0, 0.1) is 5.82 Å². The molecule has 130 valence electrons. The molecule has 0 saturated heterocycles. The van der Waals surface area contributed by atoms with Gasteiger partial charge in [-0.05, 0) is 41.8 Å². The summed E-state index contributed by atoms with van der Waals surface area (Å²) in [6.45, 7) is 1.22. The number of para-hydroxylation sites is 1. The highest BCUT2D eigenvalue weighted by molar-refractivity contribution is 6.07. The van der Waals surface area contributed by atoms with Gasteiger partial charge in [-0.25, -0.2) is 4.39 Å². The maximum absolute atomic E-state index is 13.0. The smallest absolute Gasteiger partial charge is 0.259 e. The van der Waals surface area contributed by atoms with Crippen molar-refractivity contribution >= 4 is 17.3 Å². The highest BCUT2D eigenvalue weighted by Crippen LogP contribution is 2.29. The molecule has 0 spiro atoms. The van der Waals surface area contributed by atoms with Crippen LogP contribution in [-0.2, 0) is 13.0 Å². The first-order valence-corrected chi connectivity index (χ1v) is 8.54. The normalized spacial score (nSPS) is 12.7. The number of hydrogen-bond donors (Lipinski definition) is 1. The molecule has 0 bridgehead atoms. The summed E-state index contributed by atoms with van der Waals surface area (Å²) in [7, 11) is 0. The van der Waals surface area contributed by atoms with Crippen molar-refractivity contribution in [2.75, 3.05) is 16.8 Å². The van der Waals surface area contributed by atoms with Crippen molar-refractivity contribution in [1.82, 2.24) is 4.98 Å². The van der Waals surface area contributed by atoms with Gasteiger partial charge in [0.25, 0.3) is 5.91 Å². The Bertz CT molecular complexity index is 940. The summed E-state index contributed by atoms with van der Waals surface area (Å²) in [4.78, 5) is 18.9. The van der Waals surface area contributed by atoms with Gasteiger partial charge in [-0.1, -0.05) is 30.3 Å². The van der Waals surface area contributed by atoms with E-state index in [0.29, 0.717) is 18.7 Å². The Hall–Kier alpha value is -3.21. The Morgan fingerprint density at radius 2 is 1.92 bits per heavy atom. The summed E-state index contributed by atoms with van der Waals surface area (Å²) in [5, 5.41) is 3.23. The molecule has 0 fully saturated rings. The van der Waals surface area contributed by atoms with Gasteiger partial charge in [0, 0.05) is 31.2 Å². The zero-order valence-corrected chi connectivity index (χ0v) is 14.2. The van der Waals surface area contributed by atoms with Crippen LogP contribution in [0.1, 0.15) is 21.5 Å². The Morgan fingerprint density at radius 3 is 2.77 bits per heavy atom. The molecule has 1 aromatic heterocycles. The summed E-state index contributed by atoms with van der Waals surface area (Å²) in [6, 6.07) is 16.1. The van der Waals surface area contributed by atoms with Crippen LogP contribution in [0.3, 0.4) is 0 Å². The van der Waals surface area contributed by atoms with E-state index in [4.69, 9.17) is 0 Å². The molecule has 4 rings (SSSR count). The predicted octanol–water partition coefficient (Wildman–Crippen LogP) is 4.04. The molecule has 26 heavy (non-hydrogen) atoms. The molecule has 4 nitrogen and oxygen atoms in total. The number of benzene rings is 2. The number of rotatable bonds is 4. The summed E-state index contributed by atoms with van der Waals surface area (Å²) in [5.74, 6) is -0.304. The van der Waals surface area contributed by atoms with Crippen molar-refractivity contribution in [2.45, 2.75) is 13.0 Å². The van der Waals surface area contributed by atoms with Crippen LogP contribution in [0.4, 0.5) is 15.8 Å². The average Bonchev–Trinajstić information content (AvgIpc) is 3.11. The molecule has 2 aromatic carbocycles. The van der Waals surface area contributed by atoms with E-state index in [0.717, 1.165) is 23.4 Å². The first-order chi connectivity index (χ1) is 12.7. The Morgan fingerprint density at radius 1 is 1.12 bits per heavy atom. The minimum absolute atomic E-state index is 0.0483. The van der Waals surface area contributed by atoms with Crippen molar-refractivity contribution in [1.29, 1.82) is 0 Å². The molecule has 0 radical (unpaired) electrons. The molecule has 1 amide bonds. The number of amides is 1. The molecule has 0 atom stereocenters. The van der Waals surface area contributed by atoms with Crippen LogP contribution in [0.5, 0.6) is 0 Å². The van der Waals surface area contributed by atoms with Gasteiger partial charge in [0.05, 0.1) is 11.3 Å². The third-order valence-corrected chi connectivity index (χ3v) is 4.53. The largest absolute Gasteiger partial charge is 0.380 e. The lowest BCUT2D eigenvalue weighted by Gasteiger charge is -2.17. The predicted molar refractivity (Wildman–Crippen MR) is 99.8 cm³/mol. The van der Waals surface area contributed by atoms with Gasteiger partial charge in [-0.2, -0.15) is 0 Å². The highest BCUT2D eigenvalue weighted by Gasteiger charge is 2.25. The molecule has 0 aliphatic carbocycles. The first kappa shape index (κ1) is 16.3. The first-order valence-electron chi connectivity index (χ1n) is 8.54. The molecule has 0 saturated carbocycles. The van der Waals surface area contributed by atoms with Crippen LogP contribution >= 0.6 is 0 Å². The zero-order chi connectivity index (χ0) is 17.9. The molecule has 3 aromatic rings. The Balaban J connectivity index is 1.49. The second kappa shape index (κ2) is 6.96. The standard InChI is InChI=1S/C21H18FN3O/c22-18-7-5-15(6-8-18)12-24-19-11-17(13-23-14-19)21(26)25-10-9-16-3-1-2-4-20(16)25/h1-8,11,13-14,24H,9-10,12H2. The topological polar surface area (TPSA) is 45.2 Å². The monoisotopic (exact) mass is 347 g/mol. The van der Waals surface area contributed by atoms with Gasteiger partial charge in [-0.3, -0.25) is 9.78 Å². The summed E-state index contributed by atoms with van der Waals surface area (Å²) in [5.41, 5.74) is 4.43. The molecular weight excluding hydrogens is 329 g/mol. The minimum atomic E-state index is -0.256. The Kier molecular flexibility index (Phi) is 4.35. The fourth-order valence-corrected chi connectivity index (χ4v) is 3.16. The zero-order valence-electron chi connectivity index (χ0n) is 14.2. The van der Waals surface area contributed by atoms with Crippen molar-refractivity contribution in [3.05, 3.63) is 89.5 Å². The summed E-state index contributed by atoms with van der Waals surface area (Å²) >= 11 is 0. The second-order valence-corrected chi connectivity index (χ2v) is 6.28. The number of fused-ring (bicyclic) bond motifs is 1. The van der Waals surface area contributed by atoms with Crippen molar-refractivity contribution in [2.24, 2.45) is 0 Å². The van der Waals surface area contributed by atoms with Gasteiger partial charge in [0.2, 0.25) is 0 Å². The summed E-state index contributed by atoms with van der Waals surface area (Å²) in [6.07, 6.45) is 4.14. The minimum Gasteiger partial charge on any atom is -0.380 e. The van der Waals surface area contributed by atoms with Crippen LogP contribution < -0.4 is 10.2 Å². The van der Waals surface area contributed by atoms with Crippen molar-refractivity contribution in [3.8, 4) is 0 Å². The second-order valence-electron chi connectivity index (χ2n) is 6.28. The van der Waals surface area contributed by atoms with E-state index >= 15 is 0 Å². The molecule has 1 aliphatic heterocycles. The van der Waals surface area contributed by atoms with E-state index in [1.807, 2.05) is 18.2 Å². The number of pyridine rings is 1. The molecule has 0 unspecified atom stereocenters. The van der Waals surface area contributed by atoms with Crippen LogP contribution in [0.25, 0.3) is 0 Å². The molecular formula is C21H18FN3O. The average molecular weight is 347 g/mol. The van der Waals surface area contributed by atoms with E-state index < -0.39 is 0 Å². The number of nitrogens with zero attached hydrogens (tertiary/aromatic N) is 2. The van der Waals surface area contributed by atoms with Crippen molar-refractivity contribution in [3.63, 3.8) is 0 Å². The number of hydrogen-bond acceptors (Lipinski definition) is 3. The van der Waals surface area contributed by atoms with Gasteiger partial charge >= 0.3 is 0 Å². The number of carbonyl (C=O) groups excluding carboxylic acids is 1. The van der Waals surface area contributed by atoms with Crippen molar-refractivity contribution < 1.29 is 9.18 Å². The third kappa shape index (κ3) is 3.28. The number of anilines is 2. The molecule has 2 heterocycles. The maximum Gasteiger partial charge on any atom is 0.259 e. The fourth-order valence-electron chi connectivity index (χ4n) is 3.16. The van der Waals surface area contributed by atoms with E-state index in [9.17, 15) is 9.18 Å². The Labute approximate surface area is 151 Å². The molecule has 1 aliphatic rings. The lowest BCUT2D eigenvalue weighted by molar-refractivity contribution is 0.0989. The van der Waals surface area contributed by atoms with E-state index in [-0.39, 0.29) is 11.7 Å². The van der Waals surface area contributed by atoms with E-state index in [1.165, 1.54) is 17.7 Å². The fraction of sp³-hybridized carbons (Fsp3) is 0.143. The van der Waals surface area contributed by atoms with E-state index in [2.05, 4.69) is 16.4 Å². The SMILES string of the molecule is O=C(c1cncc(NCc2ccc(F)cc2)c1)N1CCc2ccccc21. The van der Waals surface area contributed by atoms with Gasteiger partial charge in [-0.15, -0.1) is 0 Å². The maximum atomic E-state index is 13.0. The number of halogens is 1. The lowest BCUT2D eigenvalue weighted by Crippen LogP contribution is -2.29. The van der Waals surface area contributed by atoms with Crippen LogP contribution in [-0.4, -0.2) is 17.4 Å². The van der Waals surface area contributed by atoms with Crippen LogP contribution in [0.2, 0.25) is 0 Å². The van der Waals surface area contributed by atoms with Crippen LogP contribution in [0.15, 0.2) is 67.0 Å². The van der Waals surface area contributed by atoms with E-state index in [1.54, 1.807) is 35.5 Å². The quantitative estimate of drug-likeness (QED) is 0.775. The number of aromatic nitrogens is 1. The van der Waals surface area contributed by atoms with Gasteiger partial charge in [0.15, 0.2) is 0 Å². The van der Waals surface area contributed by atoms with Gasteiger partial charge < -0.3 is 10.2 Å². The number of carbonyl (C=O) groups is 1. The highest BCUT2D eigenvalue weighted by atomic mass is 19.1. The molecule has 5 heteroatoms. The molecule has 1 N–H and O–H groups in total. The third-order valence-electron chi connectivity index (χ3n) is 4.53.